The summed E-state index contributed by atoms with van der Waals surface area (Å²) in [6, 6.07) is 5.54. The lowest BCUT2D eigenvalue weighted by molar-refractivity contribution is 0.850. The van der Waals surface area contributed by atoms with Gasteiger partial charge in [0, 0.05) is 24.2 Å². The van der Waals surface area contributed by atoms with Gasteiger partial charge in [-0.3, -0.25) is 4.98 Å². The number of hydrogen-bond acceptors (Lipinski definition) is 7. The van der Waals surface area contributed by atoms with E-state index in [1.165, 1.54) is 0 Å². The lowest BCUT2D eigenvalue weighted by atomic mass is 10.2. The minimum atomic E-state index is 0.441. The molecule has 0 aliphatic rings. The van der Waals surface area contributed by atoms with E-state index in [2.05, 4.69) is 35.2 Å². The van der Waals surface area contributed by atoms with E-state index in [9.17, 15) is 0 Å². The Morgan fingerprint density at radius 3 is 2.70 bits per heavy atom. The van der Waals surface area contributed by atoms with E-state index in [1.807, 2.05) is 26.0 Å². The Balaban J connectivity index is 1.89. The van der Waals surface area contributed by atoms with Gasteiger partial charge in [-0.1, -0.05) is 0 Å². The van der Waals surface area contributed by atoms with Gasteiger partial charge in [-0.25, -0.2) is 9.97 Å². The minimum absolute atomic E-state index is 0.441. The average molecular weight is 304 g/mol. The Hall–Kier alpha value is -3.29. The summed E-state index contributed by atoms with van der Waals surface area (Å²) < 4.78 is 1.67. The molecule has 0 N–H and O–H groups in total. The van der Waals surface area contributed by atoms with E-state index in [4.69, 9.17) is 0 Å². The van der Waals surface area contributed by atoms with Gasteiger partial charge in [0.2, 0.25) is 0 Å². The summed E-state index contributed by atoms with van der Waals surface area (Å²) >= 11 is 0. The van der Waals surface area contributed by atoms with E-state index in [-0.39, 0.29) is 0 Å². The van der Waals surface area contributed by atoms with Crippen LogP contribution in [0.3, 0.4) is 0 Å². The Morgan fingerprint density at radius 2 is 1.91 bits per heavy atom. The molecule has 112 valence electrons. The van der Waals surface area contributed by atoms with Crippen LogP contribution in [0.4, 0.5) is 0 Å². The molecule has 8 heteroatoms. The molecule has 0 saturated heterocycles. The van der Waals surface area contributed by atoms with Gasteiger partial charge in [-0.2, -0.15) is 9.50 Å². The van der Waals surface area contributed by atoms with Gasteiger partial charge in [0.25, 0.3) is 5.78 Å². The summed E-state index contributed by atoms with van der Waals surface area (Å²) in [5.74, 6) is 1.68. The zero-order valence-electron chi connectivity index (χ0n) is 12.5. The topological polar surface area (TPSA) is 94.6 Å². The molecule has 0 bridgehead atoms. The molecule has 0 aliphatic carbocycles. The van der Waals surface area contributed by atoms with Gasteiger partial charge in [-0.05, 0) is 32.0 Å². The number of aryl methyl sites for hydroxylation is 2. The van der Waals surface area contributed by atoms with Crippen molar-refractivity contribution < 1.29 is 0 Å². The SMILES string of the molecule is Cc1nccc(-c2nnc3nc(-c4cccnc4)nn3c2C)n1. The van der Waals surface area contributed by atoms with Crippen LogP contribution >= 0.6 is 0 Å². The lowest BCUT2D eigenvalue weighted by Gasteiger charge is -2.04. The van der Waals surface area contributed by atoms with E-state index in [0.717, 1.165) is 11.3 Å². The number of nitrogens with zero attached hydrogens (tertiary/aromatic N) is 8. The average Bonchev–Trinajstić information content (AvgIpc) is 3.01. The second kappa shape index (κ2) is 5.16. The van der Waals surface area contributed by atoms with Crippen molar-refractivity contribution in [3.8, 4) is 22.8 Å². The highest BCUT2D eigenvalue weighted by molar-refractivity contribution is 5.59. The Labute approximate surface area is 131 Å². The summed E-state index contributed by atoms with van der Waals surface area (Å²) in [6.45, 7) is 3.75. The highest BCUT2D eigenvalue weighted by Crippen LogP contribution is 2.20. The van der Waals surface area contributed by atoms with Gasteiger partial charge >= 0.3 is 0 Å². The maximum atomic E-state index is 4.51. The van der Waals surface area contributed by atoms with Crippen LogP contribution in [-0.4, -0.2) is 39.7 Å². The zero-order valence-corrected chi connectivity index (χ0v) is 12.5. The van der Waals surface area contributed by atoms with E-state index in [1.54, 1.807) is 29.2 Å². The molecule has 0 aliphatic heterocycles. The van der Waals surface area contributed by atoms with Gasteiger partial charge in [-0.15, -0.1) is 15.3 Å². The first-order valence-electron chi connectivity index (χ1n) is 7.03. The smallest absolute Gasteiger partial charge is 0.264 e. The van der Waals surface area contributed by atoms with Gasteiger partial charge in [0.15, 0.2) is 5.82 Å². The van der Waals surface area contributed by atoms with Crippen LogP contribution in [-0.2, 0) is 0 Å². The summed E-state index contributed by atoms with van der Waals surface area (Å²) in [4.78, 5) is 17.0. The Bertz CT molecular complexity index is 993. The van der Waals surface area contributed by atoms with Crippen LogP contribution in [0, 0.1) is 13.8 Å². The van der Waals surface area contributed by atoms with Crippen molar-refractivity contribution in [1.82, 2.24) is 39.7 Å². The third-order valence-electron chi connectivity index (χ3n) is 3.43. The lowest BCUT2D eigenvalue weighted by Crippen LogP contribution is -2.04. The van der Waals surface area contributed by atoms with Gasteiger partial charge in [0.05, 0.1) is 11.4 Å². The first-order valence-corrected chi connectivity index (χ1v) is 7.03. The maximum Gasteiger partial charge on any atom is 0.272 e. The monoisotopic (exact) mass is 304 g/mol. The van der Waals surface area contributed by atoms with E-state index < -0.39 is 0 Å². The van der Waals surface area contributed by atoms with Gasteiger partial charge < -0.3 is 0 Å². The van der Waals surface area contributed by atoms with Crippen molar-refractivity contribution in [3.05, 3.63) is 48.3 Å². The highest BCUT2D eigenvalue weighted by atomic mass is 15.4. The number of hydrogen-bond donors (Lipinski definition) is 0. The number of aromatic nitrogens is 8. The second-order valence-corrected chi connectivity index (χ2v) is 5.01. The quantitative estimate of drug-likeness (QED) is 0.555. The Kier molecular flexibility index (Phi) is 3.00. The number of pyridine rings is 1. The van der Waals surface area contributed by atoms with Crippen molar-refractivity contribution in [1.29, 1.82) is 0 Å². The fourth-order valence-electron chi connectivity index (χ4n) is 2.30. The van der Waals surface area contributed by atoms with Crippen molar-refractivity contribution in [2.45, 2.75) is 13.8 Å². The molecular formula is C15H12N8. The molecule has 0 aromatic carbocycles. The molecule has 4 rings (SSSR count). The predicted molar refractivity (Wildman–Crippen MR) is 82.3 cm³/mol. The molecular weight excluding hydrogens is 292 g/mol. The first kappa shape index (κ1) is 13.4. The molecule has 0 spiro atoms. The second-order valence-electron chi connectivity index (χ2n) is 5.01. The fourth-order valence-corrected chi connectivity index (χ4v) is 2.30. The summed E-state index contributed by atoms with van der Waals surface area (Å²) in [5.41, 5.74) is 3.01. The summed E-state index contributed by atoms with van der Waals surface area (Å²) in [6.07, 6.45) is 5.12. The molecule has 4 aromatic rings. The summed E-state index contributed by atoms with van der Waals surface area (Å²) in [7, 11) is 0. The maximum absolute atomic E-state index is 4.51. The molecule has 23 heavy (non-hydrogen) atoms. The third kappa shape index (κ3) is 2.30. The predicted octanol–water partition coefficient (Wildman–Crippen LogP) is 1.66. The summed E-state index contributed by atoms with van der Waals surface area (Å²) in [5, 5.41) is 12.9. The van der Waals surface area contributed by atoms with Crippen LogP contribution < -0.4 is 0 Å². The van der Waals surface area contributed by atoms with Crippen molar-refractivity contribution in [2.24, 2.45) is 0 Å². The minimum Gasteiger partial charge on any atom is -0.264 e. The number of rotatable bonds is 2. The van der Waals surface area contributed by atoms with Crippen LogP contribution in [0.25, 0.3) is 28.6 Å². The van der Waals surface area contributed by atoms with E-state index in [0.29, 0.717) is 28.8 Å². The zero-order chi connectivity index (χ0) is 15.8. The fraction of sp³-hybridized carbons (Fsp3) is 0.133. The van der Waals surface area contributed by atoms with Crippen LogP contribution in [0.2, 0.25) is 0 Å². The molecule has 4 aromatic heterocycles. The molecule has 0 atom stereocenters. The van der Waals surface area contributed by atoms with Crippen molar-refractivity contribution in [3.63, 3.8) is 0 Å². The number of fused-ring (bicyclic) bond motifs is 1. The van der Waals surface area contributed by atoms with Crippen LogP contribution in [0.5, 0.6) is 0 Å². The van der Waals surface area contributed by atoms with Crippen LogP contribution in [0.15, 0.2) is 36.8 Å². The first-order chi connectivity index (χ1) is 11.2. The van der Waals surface area contributed by atoms with Crippen molar-refractivity contribution in [2.75, 3.05) is 0 Å². The van der Waals surface area contributed by atoms with Gasteiger partial charge in [0.1, 0.15) is 11.5 Å². The molecule has 0 radical (unpaired) electrons. The molecule has 8 nitrogen and oxygen atoms in total. The van der Waals surface area contributed by atoms with Crippen LogP contribution in [0.1, 0.15) is 11.5 Å². The van der Waals surface area contributed by atoms with Crippen molar-refractivity contribution >= 4 is 5.78 Å². The molecule has 4 heterocycles. The standard InChI is InChI=1S/C15H12N8/c1-9-13(12-5-7-17-10(2)18-12)20-21-15-19-14(22-23(9)15)11-4-3-6-16-8-11/h3-8H,1-2H3. The molecule has 0 saturated carbocycles. The third-order valence-corrected chi connectivity index (χ3v) is 3.43. The highest BCUT2D eigenvalue weighted by Gasteiger charge is 2.15. The molecule has 0 fully saturated rings. The normalized spacial score (nSPS) is 11.0. The molecule has 0 unspecified atom stereocenters. The largest absolute Gasteiger partial charge is 0.272 e. The Morgan fingerprint density at radius 1 is 1.00 bits per heavy atom. The van der Waals surface area contributed by atoms with E-state index >= 15 is 0 Å². The molecule has 0 amide bonds.